The van der Waals surface area contributed by atoms with Crippen molar-refractivity contribution >= 4 is 17.8 Å². The van der Waals surface area contributed by atoms with Gasteiger partial charge in [-0.2, -0.15) is 0 Å². The van der Waals surface area contributed by atoms with Crippen molar-refractivity contribution in [2.45, 2.75) is 26.3 Å². The van der Waals surface area contributed by atoms with Gasteiger partial charge in [-0.05, 0) is 17.5 Å². The molecule has 1 saturated heterocycles. The predicted octanol–water partition coefficient (Wildman–Crippen LogP) is 1.76. The highest BCUT2D eigenvalue weighted by Gasteiger charge is 2.30. The van der Waals surface area contributed by atoms with Crippen molar-refractivity contribution in [2.24, 2.45) is 5.92 Å². The van der Waals surface area contributed by atoms with Crippen LogP contribution in [0.1, 0.15) is 35.7 Å². The molecule has 0 unspecified atom stereocenters. The fourth-order valence-corrected chi connectivity index (χ4v) is 2.34. The number of hydrogen-bond acceptors (Lipinski definition) is 4. The molecule has 0 radical (unpaired) electrons. The molecule has 0 bridgehead atoms. The molecule has 1 fully saturated rings. The minimum Gasteiger partial charge on any atom is -0.465 e. The van der Waals surface area contributed by atoms with E-state index >= 15 is 0 Å². The number of likely N-dealkylation sites (tertiary alicyclic amines) is 1. The summed E-state index contributed by atoms with van der Waals surface area (Å²) < 4.78 is 4.71. The Labute approximate surface area is 117 Å². The van der Waals surface area contributed by atoms with Gasteiger partial charge in [0.2, 0.25) is 11.8 Å². The molecular formula is C15H17NO4. The van der Waals surface area contributed by atoms with E-state index in [-0.39, 0.29) is 24.3 Å². The van der Waals surface area contributed by atoms with Gasteiger partial charge >= 0.3 is 5.97 Å². The lowest BCUT2D eigenvalue weighted by Gasteiger charge is -2.28. The summed E-state index contributed by atoms with van der Waals surface area (Å²) in [5.41, 5.74) is 1.00. The zero-order valence-corrected chi connectivity index (χ0v) is 11.6. The number of methoxy groups -OCH3 is 1. The Bertz CT molecular complexity index is 535. The molecule has 1 heterocycles. The number of esters is 1. The molecule has 1 aromatic rings. The number of nitrogens with zero attached hydrogens (tertiary/aromatic N) is 1. The molecular weight excluding hydrogens is 258 g/mol. The molecule has 0 aromatic heterocycles. The van der Waals surface area contributed by atoms with Crippen LogP contribution in [0.5, 0.6) is 0 Å². The van der Waals surface area contributed by atoms with Crippen molar-refractivity contribution in [1.82, 2.24) is 4.90 Å². The quantitative estimate of drug-likeness (QED) is 0.623. The van der Waals surface area contributed by atoms with Gasteiger partial charge in [0.05, 0.1) is 19.2 Å². The summed E-state index contributed by atoms with van der Waals surface area (Å²) in [7, 11) is 1.30. The van der Waals surface area contributed by atoms with Crippen molar-refractivity contribution in [2.75, 3.05) is 7.11 Å². The Morgan fingerprint density at radius 1 is 1.25 bits per heavy atom. The number of amides is 2. The lowest BCUT2D eigenvalue weighted by Crippen LogP contribution is -2.42. The molecule has 20 heavy (non-hydrogen) atoms. The van der Waals surface area contributed by atoms with E-state index in [4.69, 9.17) is 4.74 Å². The molecule has 0 N–H and O–H groups in total. The summed E-state index contributed by atoms with van der Waals surface area (Å²) in [5, 5.41) is 0. The number of carbonyl (C=O) groups is 3. The van der Waals surface area contributed by atoms with Crippen LogP contribution in [0.25, 0.3) is 0 Å². The molecule has 106 valence electrons. The fourth-order valence-electron chi connectivity index (χ4n) is 2.34. The van der Waals surface area contributed by atoms with Crippen molar-refractivity contribution in [1.29, 1.82) is 0 Å². The molecule has 5 heteroatoms. The first-order chi connectivity index (χ1) is 9.52. The van der Waals surface area contributed by atoms with E-state index in [1.807, 2.05) is 6.92 Å². The van der Waals surface area contributed by atoms with Gasteiger partial charge in [-0.3, -0.25) is 14.5 Å². The van der Waals surface area contributed by atoms with Crippen LogP contribution in [0.2, 0.25) is 0 Å². The minimum absolute atomic E-state index is 0.0853. The van der Waals surface area contributed by atoms with Crippen LogP contribution in [0, 0.1) is 5.92 Å². The first-order valence-electron chi connectivity index (χ1n) is 6.52. The monoisotopic (exact) mass is 275 g/mol. The smallest absolute Gasteiger partial charge is 0.338 e. The molecule has 0 aliphatic carbocycles. The first kappa shape index (κ1) is 14.2. The fraction of sp³-hybridized carbons (Fsp3) is 0.400. The number of hydrogen-bond donors (Lipinski definition) is 0. The number of benzene rings is 1. The zero-order chi connectivity index (χ0) is 14.7. The maximum atomic E-state index is 12.0. The van der Waals surface area contributed by atoms with Gasteiger partial charge in [-0.15, -0.1) is 0 Å². The van der Waals surface area contributed by atoms with Crippen LogP contribution >= 0.6 is 0 Å². The molecule has 1 aliphatic rings. The van der Waals surface area contributed by atoms with Gasteiger partial charge in [0.1, 0.15) is 0 Å². The maximum Gasteiger partial charge on any atom is 0.338 e. The molecule has 0 atom stereocenters. The van der Waals surface area contributed by atoms with E-state index in [0.29, 0.717) is 24.0 Å². The molecule has 5 nitrogen and oxygen atoms in total. The van der Waals surface area contributed by atoms with Gasteiger partial charge in [0, 0.05) is 12.8 Å². The molecule has 1 aromatic carbocycles. The summed E-state index contributed by atoms with van der Waals surface area (Å²) in [5.74, 6) is -0.755. The Morgan fingerprint density at radius 3 is 2.45 bits per heavy atom. The number of rotatable bonds is 3. The van der Waals surface area contributed by atoms with Gasteiger partial charge in [-0.25, -0.2) is 4.79 Å². The van der Waals surface area contributed by atoms with E-state index in [0.717, 1.165) is 0 Å². The summed E-state index contributed by atoms with van der Waals surface area (Å²) in [6.45, 7) is 2.01. The number of imide groups is 1. The topological polar surface area (TPSA) is 63.7 Å². The number of piperidine rings is 1. The summed E-state index contributed by atoms with van der Waals surface area (Å²) in [6.07, 6.45) is 0.734. The van der Waals surface area contributed by atoms with Crippen molar-refractivity contribution < 1.29 is 19.1 Å². The lowest BCUT2D eigenvalue weighted by atomic mass is 9.97. The summed E-state index contributed by atoms with van der Waals surface area (Å²) in [4.78, 5) is 36.8. The molecule has 2 rings (SSSR count). The standard InChI is InChI=1S/C15H17NO4/c1-10-7-13(17)16(14(18)8-10)9-11-5-3-4-6-12(11)15(19)20-2/h3-6,10H,7-9H2,1-2H3. The first-order valence-corrected chi connectivity index (χ1v) is 6.52. The second-order valence-corrected chi connectivity index (χ2v) is 5.04. The highest BCUT2D eigenvalue weighted by atomic mass is 16.5. The third-order valence-electron chi connectivity index (χ3n) is 3.40. The maximum absolute atomic E-state index is 12.0. The van der Waals surface area contributed by atoms with Crippen LogP contribution in [-0.2, 0) is 20.9 Å². The normalized spacial score (nSPS) is 16.4. The highest BCUT2D eigenvalue weighted by Crippen LogP contribution is 2.22. The van der Waals surface area contributed by atoms with Crippen molar-refractivity contribution in [3.05, 3.63) is 35.4 Å². The third-order valence-corrected chi connectivity index (χ3v) is 3.40. The third kappa shape index (κ3) is 2.87. The van der Waals surface area contributed by atoms with Crippen LogP contribution in [0.4, 0.5) is 0 Å². The van der Waals surface area contributed by atoms with E-state index < -0.39 is 5.97 Å². The summed E-state index contributed by atoms with van der Waals surface area (Å²) in [6, 6.07) is 6.84. The minimum atomic E-state index is -0.467. The van der Waals surface area contributed by atoms with Crippen LogP contribution in [-0.4, -0.2) is 29.8 Å². The second-order valence-electron chi connectivity index (χ2n) is 5.04. The van der Waals surface area contributed by atoms with Crippen LogP contribution in [0.3, 0.4) is 0 Å². The SMILES string of the molecule is COC(=O)c1ccccc1CN1C(=O)CC(C)CC1=O. The van der Waals surface area contributed by atoms with E-state index in [2.05, 4.69) is 0 Å². The Hall–Kier alpha value is -2.17. The number of ether oxygens (including phenoxy) is 1. The highest BCUT2D eigenvalue weighted by molar-refractivity contribution is 5.98. The largest absolute Gasteiger partial charge is 0.465 e. The van der Waals surface area contributed by atoms with Crippen molar-refractivity contribution in [3.63, 3.8) is 0 Å². The Kier molecular flexibility index (Phi) is 4.17. The van der Waals surface area contributed by atoms with Gasteiger partial charge in [0.25, 0.3) is 0 Å². The van der Waals surface area contributed by atoms with Crippen LogP contribution in [0.15, 0.2) is 24.3 Å². The molecule has 0 spiro atoms. The predicted molar refractivity (Wildman–Crippen MR) is 71.7 cm³/mol. The van der Waals surface area contributed by atoms with E-state index in [1.54, 1.807) is 24.3 Å². The average Bonchev–Trinajstić information content (AvgIpc) is 2.42. The molecule has 1 aliphatic heterocycles. The Balaban J connectivity index is 2.24. The summed E-state index contributed by atoms with van der Waals surface area (Å²) >= 11 is 0. The molecule has 0 saturated carbocycles. The lowest BCUT2D eigenvalue weighted by molar-refractivity contribution is -0.150. The van der Waals surface area contributed by atoms with Gasteiger partial charge < -0.3 is 4.74 Å². The Morgan fingerprint density at radius 2 is 1.85 bits per heavy atom. The van der Waals surface area contributed by atoms with Gasteiger partial charge in [0.15, 0.2) is 0 Å². The number of carbonyl (C=O) groups excluding carboxylic acids is 3. The van der Waals surface area contributed by atoms with Crippen LogP contribution < -0.4 is 0 Å². The van der Waals surface area contributed by atoms with Gasteiger partial charge in [-0.1, -0.05) is 25.1 Å². The zero-order valence-electron chi connectivity index (χ0n) is 11.6. The van der Waals surface area contributed by atoms with E-state index in [1.165, 1.54) is 12.0 Å². The van der Waals surface area contributed by atoms with E-state index in [9.17, 15) is 14.4 Å². The van der Waals surface area contributed by atoms with Crippen molar-refractivity contribution in [3.8, 4) is 0 Å². The molecule has 2 amide bonds. The average molecular weight is 275 g/mol. The second kappa shape index (κ2) is 5.86.